The zero-order valence-corrected chi connectivity index (χ0v) is 9.95. The van der Waals surface area contributed by atoms with Crippen molar-refractivity contribution in [1.82, 2.24) is 4.98 Å². The number of aromatic nitrogens is 1. The van der Waals surface area contributed by atoms with Crippen molar-refractivity contribution in [3.05, 3.63) is 23.9 Å². The molecular weight excluding hydrogens is 188 g/mol. The van der Waals surface area contributed by atoms with E-state index in [-0.39, 0.29) is 0 Å². The quantitative estimate of drug-likeness (QED) is 0.807. The first-order chi connectivity index (χ1) is 7.13. The van der Waals surface area contributed by atoms with E-state index in [1.165, 1.54) is 0 Å². The molecule has 0 saturated heterocycles. The highest BCUT2D eigenvalue weighted by Crippen LogP contribution is 2.11. The number of rotatable bonds is 5. The predicted molar refractivity (Wildman–Crippen MR) is 63.1 cm³/mol. The maximum atomic E-state index is 5.18. The fraction of sp³-hybridized carbons (Fsp3) is 0.583. The molecule has 0 aliphatic carbocycles. The molecular formula is C12H20N2O. The first-order valence-electron chi connectivity index (χ1n) is 5.32. The van der Waals surface area contributed by atoms with Crippen LogP contribution < -0.4 is 5.32 Å². The summed E-state index contributed by atoms with van der Waals surface area (Å²) < 4.78 is 5.18. The van der Waals surface area contributed by atoms with Crippen LogP contribution in [-0.2, 0) is 4.74 Å². The molecule has 0 amide bonds. The Labute approximate surface area is 91.9 Å². The van der Waals surface area contributed by atoms with Gasteiger partial charge < -0.3 is 10.1 Å². The smallest absolute Gasteiger partial charge is 0.126 e. The first-order valence-corrected chi connectivity index (χ1v) is 5.32. The van der Waals surface area contributed by atoms with Gasteiger partial charge in [0.05, 0.1) is 12.6 Å². The lowest BCUT2D eigenvalue weighted by Crippen LogP contribution is -2.30. The monoisotopic (exact) mass is 208 g/mol. The van der Waals surface area contributed by atoms with E-state index in [1.54, 1.807) is 7.11 Å². The summed E-state index contributed by atoms with van der Waals surface area (Å²) >= 11 is 0. The average molecular weight is 208 g/mol. The Balaban J connectivity index is 2.65. The van der Waals surface area contributed by atoms with Crippen molar-refractivity contribution in [2.45, 2.75) is 26.8 Å². The van der Waals surface area contributed by atoms with Crippen molar-refractivity contribution in [1.29, 1.82) is 0 Å². The van der Waals surface area contributed by atoms with Gasteiger partial charge in [-0.2, -0.15) is 0 Å². The molecule has 0 aliphatic heterocycles. The molecule has 0 bridgehead atoms. The van der Waals surface area contributed by atoms with E-state index in [0.29, 0.717) is 18.6 Å². The van der Waals surface area contributed by atoms with Gasteiger partial charge in [-0.05, 0) is 25.0 Å². The lowest BCUT2D eigenvalue weighted by Gasteiger charge is -2.22. The minimum atomic E-state index is 0.310. The highest BCUT2D eigenvalue weighted by atomic mass is 16.5. The van der Waals surface area contributed by atoms with Crippen molar-refractivity contribution >= 4 is 5.82 Å². The zero-order valence-electron chi connectivity index (χ0n) is 9.95. The summed E-state index contributed by atoms with van der Waals surface area (Å²) in [5, 5.41) is 3.38. The van der Waals surface area contributed by atoms with Crippen LogP contribution in [-0.4, -0.2) is 24.7 Å². The molecule has 1 aromatic rings. The molecule has 3 heteroatoms. The maximum absolute atomic E-state index is 5.18. The minimum absolute atomic E-state index is 0.310. The Morgan fingerprint density at radius 2 is 2.13 bits per heavy atom. The third-order valence-electron chi connectivity index (χ3n) is 2.37. The summed E-state index contributed by atoms with van der Waals surface area (Å²) in [6.07, 6.45) is 0. The highest BCUT2D eigenvalue weighted by molar-refractivity contribution is 5.36. The number of anilines is 1. The van der Waals surface area contributed by atoms with Crippen LogP contribution in [0.2, 0.25) is 0 Å². The van der Waals surface area contributed by atoms with E-state index in [2.05, 4.69) is 24.1 Å². The largest absolute Gasteiger partial charge is 0.383 e. The molecule has 0 radical (unpaired) electrons. The number of pyridine rings is 1. The molecule has 84 valence electrons. The van der Waals surface area contributed by atoms with Crippen molar-refractivity contribution in [3.8, 4) is 0 Å². The van der Waals surface area contributed by atoms with Crippen molar-refractivity contribution in [2.75, 3.05) is 19.0 Å². The van der Waals surface area contributed by atoms with E-state index in [9.17, 15) is 0 Å². The molecule has 15 heavy (non-hydrogen) atoms. The second kappa shape index (κ2) is 5.71. The van der Waals surface area contributed by atoms with E-state index in [1.807, 2.05) is 25.1 Å². The Morgan fingerprint density at radius 3 is 2.67 bits per heavy atom. The second-order valence-corrected chi connectivity index (χ2v) is 4.11. The number of nitrogens with one attached hydrogen (secondary N) is 1. The Morgan fingerprint density at radius 1 is 1.40 bits per heavy atom. The second-order valence-electron chi connectivity index (χ2n) is 4.11. The lowest BCUT2D eigenvalue weighted by molar-refractivity contribution is 0.171. The number of nitrogens with zero attached hydrogens (tertiary/aromatic N) is 1. The maximum Gasteiger partial charge on any atom is 0.126 e. The van der Waals surface area contributed by atoms with Crippen LogP contribution in [0.1, 0.15) is 19.5 Å². The molecule has 0 aliphatic rings. The molecule has 0 saturated carbocycles. The minimum Gasteiger partial charge on any atom is -0.383 e. The van der Waals surface area contributed by atoms with Gasteiger partial charge in [-0.25, -0.2) is 4.98 Å². The normalized spacial score (nSPS) is 12.9. The van der Waals surface area contributed by atoms with Gasteiger partial charge in [0.15, 0.2) is 0 Å². The van der Waals surface area contributed by atoms with Gasteiger partial charge in [-0.3, -0.25) is 0 Å². The van der Waals surface area contributed by atoms with E-state index in [4.69, 9.17) is 4.74 Å². The molecule has 1 aromatic heterocycles. The highest BCUT2D eigenvalue weighted by Gasteiger charge is 2.12. The van der Waals surface area contributed by atoms with Gasteiger partial charge in [-0.1, -0.05) is 19.9 Å². The standard InChI is InChI=1S/C12H20N2O/c1-9(2)11(8-15-4)14-12-7-5-6-10(3)13-12/h5-7,9,11H,8H2,1-4H3,(H,13,14). The molecule has 1 unspecified atom stereocenters. The summed E-state index contributed by atoms with van der Waals surface area (Å²) in [4.78, 5) is 4.41. The fourth-order valence-electron chi connectivity index (χ4n) is 1.39. The molecule has 3 nitrogen and oxygen atoms in total. The third kappa shape index (κ3) is 3.88. The number of hydrogen-bond acceptors (Lipinski definition) is 3. The Kier molecular flexibility index (Phi) is 4.56. The van der Waals surface area contributed by atoms with Crippen molar-refractivity contribution in [3.63, 3.8) is 0 Å². The summed E-state index contributed by atoms with van der Waals surface area (Å²) in [5.74, 6) is 1.44. The molecule has 0 fully saturated rings. The van der Waals surface area contributed by atoms with Crippen LogP contribution in [0, 0.1) is 12.8 Å². The van der Waals surface area contributed by atoms with Crippen LogP contribution in [0.5, 0.6) is 0 Å². The van der Waals surface area contributed by atoms with Gasteiger partial charge in [-0.15, -0.1) is 0 Å². The van der Waals surface area contributed by atoms with Gasteiger partial charge in [0.1, 0.15) is 5.82 Å². The molecule has 1 rings (SSSR count). The summed E-state index contributed by atoms with van der Waals surface area (Å²) in [5.41, 5.74) is 1.03. The van der Waals surface area contributed by atoms with Crippen LogP contribution >= 0.6 is 0 Å². The molecule has 0 spiro atoms. The number of hydrogen-bond donors (Lipinski definition) is 1. The predicted octanol–water partition coefficient (Wildman–Crippen LogP) is 2.47. The van der Waals surface area contributed by atoms with Crippen molar-refractivity contribution in [2.24, 2.45) is 5.92 Å². The van der Waals surface area contributed by atoms with E-state index in [0.717, 1.165) is 11.5 Å². The molecule has 0 aromatic carbocycles. The topological polar surface area (TPSA) is 34.1 Å². The summed E-state index contributed by atoms with van der Waals surface area (Å²) in [6, 6.07) is 6.29. The Bertz CT molecular complexity index is 299. The van der Waals surface area contributed by atoms with Gasteiger partial charge in [0, 0.05) is 12.8 Å². The molecule has 1 heterocycles. The molecule has 1 N–H and O–H groups in total. The zero-order chi connectivity index (χ0) is 11.3. The first kappa shape index (κ1) is 12.0. The summed E-state index contributed by atoms with van der Waals surface area (Å²) in [6.45, 7) is 7.04. The van der Waals surface area contributed by atoms with E-state index < -0.39 is 0 Å². The fourth-order valence-corrected chi connectivity index (χ4v) is 1.39. The lowest BCUT2D eigenvalue weighted by atomic mass is 10.1. The van der Waals surface area contributed by atoms with Gasteiger partial charge >= 0.3 is 0 Å². The Hall–Kier alpha value is -1.09. The number of methoxy groups -OCH3 is 1. The van der Waals surface area contributed by atoms with Crippen LogP contribution in [0.25, 0.3) is 0 Å². The van der Waals surface area contributed by atoms with Crippen LogP contribution in [0.15, 0.2) is 18.2 Å². The number of aryl methyl sites for hydroxylation is 1. The molecule has 1 atom stereocenters. The van der Waals surface area contributed by atoms with Gasteiger partial charge in [0.2, 0.25) is 0 Å². The van der Waals surface area contributed by atoms with Crippen molar-refractivity contribution < 1.29 is 4.74 Å². The SMILES string of the molecule is COCC(Nc1cccc(C)n1)C(C)C. The number of ether oxygens (including phenoxy) is 1. The summed E-state index contributed by atoms with van der Waals surface area (Å²) in [7, 11) is 1.72. The third-order valence-corrected chi connectivity index (χ3v) is 2.37. The van der Waals surface area contributed by atoms with E-state index >= 15 is 0 Å². The van der Waals surface area contributed by atoms with Crippen LogP contribution in [0.3, 0.4) is 0 Å². The average Bonchev–Trinajstić information content (AvgIpc) is 2.17. The van der Waals surface area contributed by atoms with Crippen LogP contribution in [0.4, 0.5) is 5.82 Å². The van der Waals surface area contributed by atoms with Gasteiger partial charge in [0.25, 0.3) is 0 Å².